The normalized spacial score (nSPS) is 25.5. The molecular weight excluding hydrogens is 286 g/mol. The average molecular weight is 324 g/mol. The first-order valence-corrected chi connectivity index (χ1v) is 9.66. The maximum Gasteiger partial charge on any atom is 0.191 e. The third kappa shape index (κ3) is 6.30. The Kier molecular flexibility index (Phi) is 8.17. The van der Waals surface area contributed by atoms with Crippen molar-refractivity contribution in [2.75, 3.05) is 46.3 Å². The van der Waals surface area contributed by atoms with Gasteiger partial charge in [-0.1, -0.05) is 13.3 Å². The molecule has 134 valence electrons. The molecule has 0 spiro atoms. The van der Waals surface area contributed by atoms with E-state index in [0.717, 1.165) is 25.1 Å². The van der Waals surface area contributed by atoms with Gasteiger partial charge in [-0.05, 0) is 52.1 Å². The highest BCUT2D eigenvalue weighted by molar-refractivity contribution is 5.79. The number of likely N-dealkylation sites (tertiary alicyclic amines) is 2. The summed E-state index contributed by atoms with van der Waals surface area (Å²) in [5.74, 6) is 0.976. The van der Waals surface area contributed by atoms with Gasteiger partial charge in [0.15, 0.2) is 5.96 Å². The van der Waals surface area contributed by atoms with Crippen LogP contribution in [0.25, 0.3) is 0 Å². The van der Waals surface area contributed by atoms with Crippen molar-refractivity contribution in [1.82, 2.24) is 20.4 Å². The molecule has 1 atom stereocenters. The average Bonchev–Trinajstić information content (AvgIpc) is 2.57. The molecule has 0 aliphatic carbocycles. The Morgan fingerprint density at radius 2 is 1.87 bits per heavy atom. The van der Waals surface area contributed by atoms with Crippen molar-refractivity contribution in [1.29, 1.82) is 0 Å². The molecule has 2 aliphatic rings. The fourth-order valence-electron chi connectivity index (χ4n) is 3.81. The van der Waals surface area contributed by atoms with Crippen LogP contribution < -0.4 is 10.6 Å². The first-order valence-electron chi connectivity index (χ1n) is 9.66. The lowest BCUT2D eigenvalue weighted by molar-refractivity contribution is 0.163. The van der Waals surface area contributed by atoms with Gasteiger partial charge in [-0.3, -0.25) is 9.89 Å². The lowest BCUT2D eigenvalue weighted by atomic mass is 10.0. The molecule has 0 bridgehead atoms. The molecule has 2 N–H and O–H groups in total. The molecular formula is C18H37N5. The van der Waals surface area contributed by atoms with Gasteiger partial charge in [-0.25, -0.2) is 0 Å². The van der Waals surface area contributed by atoms with Gasteiger partial charge in [0.1, 0.15) is 0 Å². The smallest absolute Gasteiger partial charge is 0.191 e. The van der Waals surface area contributed by atoms with Crippen LogP contribution in [-0.4, -0.2) is 74.2 Å². The van der Waals surface area contributed by atoms with Gasteiger partial charge in [0.25, 0.3) is 0 Å². The Morgan fingerprint density at radius 3 is 2.52 bits per heavy atom. The number of hydrogen-bond acceptors (Lipinski definition) is 3. The highest BCUT2D eigenvalue weighted by atomic mass is 15.2. The van der Waals surface area contributed by atoms with E-state index in [0.29, 0.717) is 6.04 Å². The molecule has 23 heavy (non-hydrogen) atoms. The molecule has 5 heteroatoms. The highest BCUT2D eigenvalue weighted by Crippen LogP contribution is 2.15. The molecule has 0 radical (unpaired) electrons. The van der Waals surface area contributed by atoms with E-state index in [1.54, 1.807) is 0 Å². The fourth-order valence-corrected chi connectivity index (χ4v) is 3.81. The minimum absolute atomic E-state index is 0.572. The zero-order valence-electron chi connectivity index (χ0n) is 15.5. The van der Waals surface area contributed by atoms with Crippen LogP contribution in [0.4, 0.5) is 0 Å². The fraction of sp³-hybridized carbons (Fsp3) is 0.944. The van der Waals surface area contributed by atoms with E-state index in [4.69, 9.17) is 0 Å². The van der Waals surface area contributed by atoms with Crippen LogP contribution in [0.1, 0.15) is 52.4 Å². The predicted octanol–water partition coefficient (Wildman–Crippen LogP) is 1.90. The standard InChI is InChI=1S/C18H37N5/c1-4-11-22-13-8-17(9-14-22)21-18(19-3)20-10-15-23-12-6-5-7-16(23)2/h16-17H,4-15H2,1-3H3,(H2,19,20,21). The number of nitrogens with one attached hydrogen (secondary N) is 2. The summed E-state index contributed by atoms with van der Waals surface area (Å²) in [7, 11) is 1.88. The molecule has 0 amide bonds. The summed E-state index contributed by atoms with van der Waals surface area (Å²) in [6.45, 7) is 11.7. The van der Waals surface area contributed by atoms with Crippen LogP contribution in [0.3, 0.4) is 0 Å². The molecule has 2 saturated heterocycles. The van der Waals surface area contributed by atoms with E-state index in [9.17, 15) is 0 Å². The third-order valence-electron chi connectivity index (χ3n) is 5.32. The number of rotatable bonds is 6. The Bertz CT molecular complexity index is 349. The second kappa shape index (κ2) is 10.1. The third-order valence-corrected chi connectivity index (χ3v) is 5.32. The highest BCUT2D eigenvalue weighted by Gasteiger charge is 2.20. The van der Waals surface area contributed by atoms with Crippen LogP contribution in [0.5, 0.6) is 0 Å². The van der Waals surface area contributed by atoms with Crippen molar-refractivity contribution < 1.29 is 0 Å². The molecule has 0 saturated carbocycles. The Morgan fingerprint density at radius 1 is 1.09 bits per heavy atom. The second-order valence-electron chi connectivity index (χ2n) is 7.14. The van der Waals surface area contributed by atoms with Crippen molar-refractivity contribution in [3.8, 4) is 0 Å². The molecule has 2 aliphatic heterocycles. The number of aliphatic imine (C=N–C) groups is 1. The molecule has 2 heterocycles. The minimum atomic E-state index is 0.572. The van der Waals surface area contributed by atoms with Gasteiger partial charge in [0, 0.05) is 45.3 Å². The number of guanidine groups is 1. The van der Waals surface area contributed by atoms with Gasteiger partial charge in [0.2, 0.25) is 0 Å². The first-order chi connectivity index (χ1) is 11.2. The number of piperidine rings is 2. The lowest BCUT2D eigenvalue weighted by Gasteiger charge is -2.34. The summed E-state index contributed by atoms with van der Waals surface area (Å²) in [5.41, 5.74) is 0. The summed E-state index contributed by atoms with van der Waals surface area (Å²) in [5, 5.41) is 7.12. The second-order valence-corrected chi connectivity index (χ2v) is 7.14. The largest absolute Gasteiger partial charge is 0.355 e. The summed E-state index contributed by atoms with van der Waals surface area (Å²) in [4.78, 5) is 9.58. The van der Waals surface area contributed by atoms with E-state index in [1.165, 1.54) is 64.7 Å². The van der Waals surface area contributed by atoms with Gasteiger partial charge in [0.05, 0.1) is 0 Å². The van der Waals surface area contributed by atoms with E-state index in [-0.39, 0.29) is 0 Å². The van der Waals surface area contributed by atoms with Crippen LogP contribution in [0.2, 0.25) is 0 Å². The van der Waals surface area contributed by atoms with Gasteiger partial charge in [-0.15, -0.1) is 0 Å². The number of hydrogen-bond donors (Lipinski definition) is 2. The van der Waals surface area contributed by atoms with Crippen LogP contribution in [-0.2, 0) is 0 Å². The molecule has 1 unspecified atom stereocenters. The van der Waals surface area contributed by atoms with Gasteiger partial charge >= 0.3 is 0 Å². The Labute approximate surface area is 142 Å². The van der Waals surface area contributed by atoms with Crippen LogP contribution >= 0.6 is 0 Å². The molecule has 0 aromatic heterocycles. The maximum atomic E-state index is 4.40. The quantitative estimate of drug-likeness (QED) is 0.579. The minimum Gasteiger partial charge on any atom is -0.355 e. The van der Waals surface area contributed by atoms with Crippen molar-refractivity contribution in [3.05, 3.63) is 0 Å². The number of nitrogens with zero attached hydrogens (tertiary/aromatic N) is 3. The topological polar surface area (TPSA) is 42.9 Å². The van der Waals surface area contributed by atoms with E-state index >= 15 is 0 Å². The predicted molar refractivity (Wildman–Crippen MR) is 99.1 cm³/mol. The zero-order chi connectivity index (χ0) is 16.5. The summed E-state index contributed by atoms with van der Waals surface area (Å²) in [6.07, 6.45) is 7.81. The van der Waals surface area contributed by atoms with Gasteiger partial charge in [-0.2, -0.15) is 0 Å². The van der Waals surface area contributed by atoms with Crippen molar-refractivity contribution in [2.45, 2.75) is 64.5 Å². The van der Waals surface area contributed by atoms with Crippen LogP contribution in [0.15, 0.2) is 4.99 Å². The maximum absolute atomic E-state index is 4.40. The Hall–Kier alpha value is -0.810. The molecule has 0 aromatic rings. The van der Waals surface area contributed by atoms with Gasteiger partial charge < -0.3 is 15.5 Å². The summed E-state index contributed by atoms with van der Waals surface area (Å²) in [6, 6.07) is 1.31. The SMILES string of the molecule is CCCN1CCC(NC(=NC)NCCN2CCCCC2C)CC1. The van der Waals surface area contributed by atoms with E-state index < -0.39 is 0 Å². The van der Waals surface area contributed by atoms with E-state index in [1.807, 2.05) is 7.05 Å². The molecule has 2 rings (SSSR count). The molecule has 0 aromatic carbocycles. The van der Waals surface area contributed by atoms with E-state index in [2.05, 4.69) is 39.3 Å². The van der Waals surface area contributed by atoms with Crippen molar-refractivity contribution in [3.63, 3.8) is 0 Å². The summed E-state index contributed by atoms with van der Waals surface area (Å²) >= 11 is 0. The monoisotopic (exact) mass is 323 g/mol. The van der Waals surface area contributed by atoms with Crippen molar-refractivity contribution in [2.24, 2.45) is 4.99 Å². The zero-order valence-corrected chi connectivity index (χ0v) is 15.5. The van der Waals surface area contributed by atoms with Crippen molar-refractivity contribution >= 4 is 5.96 Å². The summed E-state index contributed by atoms with van der Waals surface area (Å²) < 4.78 is 0. The first kappa shape index (κ1) is 18.5. The Balaban J connectivity index is 1.64. The lowest BCUT2D eigenvalue weighted by Crippen LogP contribution is -2.50. The molecule has 2 fully saturated rings. The molecule has 5 nitrogen and oxygen atoms in total. The van der Waals surface area contributed by atoms with Crippen LogP contribution in [0, 0.1) is 0 Å².